The van der Waals surface area contributed by atoms with E-state index in [9.17, 15) is 13.2 Å². The number of sulfonamides is 1. The SMILES string of the molecule is Cc1nc(S(=O)(=O)N2CCC(C(=O)N(C)Cc3ccc(N4CCOCC4)cc3)CC2)cn1C. The Balaban J connectivity index is 1.31. The second-order valence-corrected chi connectivity index (χ2v) is 10.8. The molecule has 1 aromatic heterocycles. The highest BCUT2D eigenvalue weighted by Gasteiger charge is 2.34. The van der Waals surface area contributed by atoms with Gasteiger partial charge in [0.2, 0.25) is 5.91 Å². The maximum atomic E-state index is 13.0. The molecule has 10 heteroatoms. The molecule has 0 aliphatic carbocycles. The fraction of sp³-hybridized carbons (Fsp3) is 0.565. The minimum atomic E-state index is -3.63. The lowest BCUT2D eigenvalue weighted by Crippen LogP contribution is -2.43. The zero-order chi connectivity index (χ0) is 23.6. The number of aromatic nitrogens is 2. The van der Waals surface area contributed by atoms with Crippen molar-refractivity contribution in [1.82, 2.24) is 18.8 Å². The predicted octanol–water partition coefficient (Wildman–Crippen LogP) is 1.62. The van der Waals surface area contributed by atoms with Gasteiger partial charge in [-0.1, -0.05) is 12.1 Å². The van der Waals surface area contributed by atoms with Crippen molar-refractivity contribution < 1.29 is 17.9 Å². The van der Waals surface area contributed by atoms with Crippen LogP contribution in [-0.4, -0.2) is 79.5 Å². The molecule has 0 N–H and O–H groups in total. The van der Waals surface area contributed by atoms with Crippen LogP contribution in [0.3, 0.4) is 0 Å². The highest BCUT2D eigenvalue weighted by Crippen LogP contribution is 2.25. The number of hydrogen-bond acceptors (Lipinski definition) is 6. The molecule has 0 unspecified atom stereocenters. The third kappa shape index (κ3) is 5.23. The summed E-state index contributed by atoms with van der Waals surface area (Å²) in [6, 6.07) is 8.33. The summed E-state index contributed by atoms with van der Waals surface area (Å²) in [7, 11) is -0.0369. The van der Waals surface area contributed by atoms with E-state index in [4.69, 9.17) is 4.74 Å². The van der Waals surface area contributed by atoms with Crippen LogP contribution < -0.4 is 4.90 Å². The lowest BCUT2D eigenvalue weighted by molar-refractivity contribution is -0.135. The number of hydrogen-bond donors (Lipinski definition) is 0. The molecule has 2 fully saturated rings. The first-order valence-corrected chi connectivity index (χ1v) is 12.9. The molecule has 1 aromatic carbocycles. The monoisotopic (exact) mass is 475 g/mol. The van der Waals surface area contributed by atoms with Gasteiger partial charge in [-0.2, -0.15) is 4.31 Å². The molecule has 2 aliphatic rings. The van der Waals surface area contributed by atoms with Crippen LogP contribution in [-0.2, 0) is 33.1 Å². The van der Waals surface area contributed by atoms with Crippen molar-refractivity contribution >= 4 is 21.6 Å². The zero-order valence-corrected chi connectivity index (χ0v) is 20.4. The van der Waals surface area contributed by atoms with Gasteiger partial charge in [0.15, 0.2) is 5.03 Å². The number of rotatable bonds is 6. The van der Waals surface area contributed by atoms with Gasteiger partial charge in [0.05, 0.1) is 13.2 Å². The third-order valence-corrected chi connectivity index (χ3v) is 8.37. The van der Waals surface area contributed by atoms with Crippen LogP contribution in [0.15, 0.2) is 35.5 Å². The molecule has 180 valence electrons. The molecule has 2 saturated heterocycles. The van der Waals surface area contributed by atoms with Crippen LogP contribution >= 0.6 is 0 Å². The van der Waals surface area contributed by atoms with E-state index in [2.05, 4.69) is 34.1 Å². The summed E-state index contributed by atoms with van der Waals surface area (Å²) in [6.45, 7) is 6.26. The van der Waals surface area contributed by atoms with Crippen molar-refractivity contribution in [3.8, 4) is 0 Å². The summed E-state index contributed by atoms with van der Waals surface area (Å²) in [4.78, 5) is 21.2. The van der Waals surface area contributed by atoms with Gasteiger partial charge in [0.25, 0.3) is 10.0 Å². The molecule has 33 heavy (non-hydrogen) atoms. The van der Waals surface area contributed by atoms with Crippen molar-refractivity contribution in [2.75, 3.05) is 51.3 Å². The maximum absolute atomic E-state index is 13.0. The third-order valence-electron chi connectivity index (χ3n) is 6.60. The molecule has 0 spiro atoms. The van der Waals surface area contributed by atoms with Gasteiger partial charge in [-0.05, 0) is 37.5 Å². The Morgan fingerprint density at radius 3 is 2.33 bits per heavy atom. The average Bonchev–Trinajstić information content (AvgIpc) is 3.18. The highest BCUT2D eigenvalue weighted by atomic mass is 32.2. The fourth-order valence-corrected chi connectivity index (χ4v) is 5.92. The molecule has 9 nitrogen and oxygen atoms in total. The Morgan fingerprint density at radius 2 is 1.76 bits per heavy atom. The first-order chi connectivity index (χ1) is 15.8. The summed E-state index contributed by atoms with van der Waals surface area (Å²) in [5, 5.41) is 0.0740. The van der Waals surface area contributed by atoms with E-state index in [1.165, 1.54) is 9.99 Å². The molecule has 2 aliphatic heterocycles. The number of morpholine rings is 1. The number of ether oxygens (including phenoxy) is 1. The Hall–Kier alpha value is -2.43. The topological polar surface area (TPSA) is 88.0 Å². The number of carbonyl (C=O) groups is 1. The lowest BCUT2D eigenvalue weighted by Gasteiger charge is -2.32. The second-order valence-electron chi connectivity index (χ2n) is 8.88. The Bertz CT molecular complexity index is 1050. The Morgan fingerprint density at radius 1 is 1.12 bits per heavy atom. The maximum Gasteiger partial charge on any atom is 0.262 e. The molecule has 3 heterocycles. The molecule has 0 bridgehead atoms. The number of aryl methyl sites for hydroxylation is 2. The standard InChI is InChI=1S/C23H33N5O4S/c1-18-24-22(17-25(18)2)33(30,31)28-10-8-20(9-11-28)23(29)26(3)16-19-4-6-21(7-5-19)27-12-14-32-15-13-27/h4-7,17,20H,8-16H2,1-3H3. The number of imidazole rings is 1. The molecular weight excluding hydrogens is 442 g/mol. The van der Waals surface area contributed by atoms with Gasteiger partial charge >= 0.3 is 0 Å². The molecule has 0 radical (unpaired) electrons. The van der Waals surface area contributed by atoms with Crippen LogP contribution in [0.25, 0.3) is 0 Å². The van der Waals surface area contributed by atoms with E-state index in [1.807, 2.05) is 7.05 Å². The van der Waals surface area contributed by atoms with E-state index in [1.54, 1.807) is 29.6 Å². The summed E-state index contributed by atoms with van der Waals surface area (Å²) in [5.41, 5.74) is 2.25. The van der Waals surface area contributed by atoms with E-state index in [-0.39, 0.29) is 16.9 Å². The van der Waals surface area contributed by atoms with Gasteiger partial charge < -0.3 is 19.1 Å². The quantitative estimate of drug-likeness (QED) is 0.631. The summed E-state index contributed by atoms with van der Waals surface area (Å²) in [5.74, 6) is 0.552. The fourth-order valence-electron chi connectivity index (χ4n) is 4.42. The van der Waals surface area contributed by atoms with Crippen molar-refractivity contribution in [3.05, 3.63) is 41.9 Å². The van der Waals surface area contributed by atoms with Crippen LogP contribution in [0.1, 0.15) is 24.2 Å². The van der Waals surface area contributed by atoms with Gasteiger partial charge in [-0.3, -0.25) is 4.79 Å². The van der Waals surface area contributed by atoms with Crippen LogP contribution in [0.5, 0.6) is 0 Å². The first-order valence-electron chi connectivity index (χ1n) is 11.4. The summed E-state index contributed by atoms with van der Waals surface area (Å²) in [6.07, 6.45) is 2.58. The number of benzene rings is 1. The van der Waals surface area contributed by atoms with Crippen molar-refractivity contribution in [1.29, 1.82) is 0 Å². The number of amides is 1. The Kier molecular flexibility index (Phi) is 7.06. The largest absolute Gasteiger partial charge is 0.378 e. The first kappa shape index (κ1) is 23.7. The molecule has 2 aromatic rings. The van der Waals surface area contributed by atoms with Crippen molar-refractivity contribution in [2.24, 2.45) is 13.0 Å². The van der Waals surface area contributed by atoms with Crippen molar-refractivity contribution in [2.45, 2.75) is 31.3 Å². The number of carbonyl (C=O) groups excluding carboxylic acids is 1. The summed E-state index contributed by atoms with van der Waals surface area (Å²) < 4.78 is 34.3. The molecule has 1 amide bonds. The molecular formula is C23H33N5O4S. The minimum absolute atomic E-state index is 0.0676. The molecule has 4 rings (SSSR count). The highest BCUT2D eigenvalue weighted by molar-refractivity contribution is 7.89. The van der Waals surface area contributed by atoms with Gasteiger partial charge in [0, 0.05) is 64.6 Å². The normalized spacial score (nSPS) is 18.5. The average molecular weight is 476 g/mol. The van der Waals surface area contributed by atoms with Gasteiger partial charge in [-0.15, -0.1) is 0 Å². The van der Waals surface area contributed by atoms with Gasteiger partial charge in [0.1, 0.15) is 5.82 Å². The number of nitrogens with zero attached hydrogens (tertiary/aromatic N) is 5. The van der Waals surface area contributed by atoms with Crippen LogP contribution in [0, 0.1) is 12.8 Å². The smallest absolute Gasteiger partial charge is 0.262 e. The zero-order valence-electron chi connectivity index (χ0n) is 19.6. The van der Waals surface area contributed by atoms with E-state index in [0.717, 1.165) is 31.9 Å². The van der Waals surface area contributed by atoms with Gasteiger partial charge in [-0.25, -0.2) is 13.4 Å². The van der Waals surface area contributed by atoms with Crippen molar-refractivity contribution in [3.63, 3.8) is 0 Å². The number of piperidine rings is 1. The molecule has 0 atom stereocenters. The summed E-state index contributed by atoms with van der Waals surface area (Å²) >= 11 is 0. The van der Waals surface area contributed by atoms with Crippen LogP contribution in [0.2, 0.25) is 0 Å². The van der Waals surface area contributed by atoms with E-state index < -0.39 is 10.0 Å². The number of anilines is 1. The van der Waals surface area contributed by atoms with Crippen LogP contribution in [0.4, 0.5) is 5.69 Å². The van der Waals surface area contributed by atoms with E-state index in [0.29, 0.717) is 38.3 Å². The lowest BCUT2D eigenvalue weighted by atomic mass is 9.96. The molecule has 0 saturated carbocycles. The minimum Gasteiger partial charge on any atom is -0.378 e. The van der Waals surface area contributed by atoms with E-state index >= 15 is 0 Å². The second kappa shape index (κ2) is 9.82. The predicted molar refractivity (Wildman–Crippen MR) is 125 cm³/mol. The Labute approximate surface area is 196 Å².